The summed E-state index contributed by atoms with van der Waals surface area (Å²) in [4.78, 5) is 17.0. The van der Waals surface area contributed by atoms with Crippen LogP contribution in [0, 0.1) is 5.92 Å². The number of nitrogens with zero attached hydrogens (tertiary/aromatic N) is 1. The van der Waals surface area contributed by atoms with Crippen LogP contribution in [0.5, 0.6) is 0 Å². The summed E-state index contributed by atoms with van der Waals surface area (Å²) in [5.74, 6) is 0.274. The number of thiophene rings is 1. The minimum atomic E-state index is -0.175. The van der Waals surface area contributed by atoms with E-state index < -0.39 is 0 Å². The maximum atomic E-state index is 11.6. The molecule has 0 aromatic carbocycles. The van der Waals surface area contributed by atoms with Crippen LogP contribution in [-0.2, 0) is 0 Å². The van der Waals surface area contributed by atoms with E-state index in [9.17, 15) is 4.79 Å². The molecule has 106 valence electrons. The van der Waals surface area contributed by atoms with E-state index in [1.165, 1.54) is 4.88 Å². The quantitative estimate of drug-likeness (QED) is 0.888. The summed E-state index contributed by atoms with van der Waals surface area (Å²) in [6.45, 7) is 4.36. The second-order valence-electron chi connectivity index (χ2n) is 4.89. The van der Waals surface area contributed by atoms with Gasteiger partial charge in [0.2, 0.25) is 0 Å². The number of anilines is 1. The second-order valence-corrected chi connectivity index (χ2v) is 5.87. The molecule has 20 heavy (non-hydrogen) atoms. The van der Waals surface area contributed by atoms with Gasteiger partial charge < -0.3 is 10.6 Å². The molecule has 5 heteroatoms. The van der Waals surface area contributed by atoms with Crippen LogP contribution in [0.1, 0.15) is 35.3 Å². The van der Waals surface area contributed by atoms with Crippen molar-refractivity contribution in [3.05, 3.63) is 46.4 Å². The second kappa shape index (κ2) is 6.52. The number of pyridine rings is 1. The van der Waals surface area contributed by atoms with Crippen molar-refractivity contribution in [3.8, 4) is 0 Å². The Labute approximate surface area is 123 Å². The highest BCUT2D eigenvalue weighted by molar-refractivity contribution is 7.10. The van der Waals surface area contributed by atoms with Gasteiger partial charge in [-0.2, -0.15) is 0 Å². The third-order valence-electron chi connectivity index (χ3n) is 3.06. The van der Waals surface area contributed by atoms with Gasteiger partial charge in [0.05, 0.1) is 6.04 Å². The Hall–Kier alpha value is -1.88. The van der Waals surface area contributed by atoms with Crippen molar-refractivity contribution in [3.63, 3.8) is 0 Å². The molecule has 0 saturated carbocycles. The van der Waals surface area contributed by atoms with Crippen molar-refractivity contribution < 1.29 is 4.79 Å². The molecule has 1 atom stereocenters. The molecule has 0 fully saturated rings. The summed E-state index contributed by atoms with van der Waals surface area (Å²) in [5.41, 5.74) is 1.33. The maximum absolute atomic E-state index is 11.6. The molecule has 2 aromatic heterocycles. The fraction of sp³-hybridized carbons (Fsp3) is 0.333. The number of hydrogen-bond acceptors (Lipinski definition) is 4. The van der Waals surface area contributed by atoms with Gasteiger partial charge in [0.25, 0.3) is 5.91 Å². The van der Waals surface area contributed by atoms with Crippen molar-refractivity contribution in [2.45, 2.75) is 19.9 Å². The number of amides is 1. The lowest BCUT2D eigenvalue weighted by Crippen LogP contribution is -2.20. The molecule has 0 saturated heterocycles. The van der Waals surface area contributed by atoms with Crippen LogP contribution in [0.3, 0.4) is 0 Å². The van der Waals surface area contributed by atoms with Crippen LogP contribution in [0.25, 0.3) is 0 Å². The highest BCUT2D eigenvalue weighted by Gasteiger charge is 2.17. The number of aromatic nitrogens is 1. The molecule has 0 bridgehead atoms. The number of rotatable bonds is 5. The molecule has 2 aromatic rings. The first-order valence-corrected chi connectivity index (χ1v) is 7.48. The highest BCUT2D eigenvalue weighted by Crippen LogP contribution is 2.29. The maximum Gasteiger partial charge on any atom is 0.269 e. The van der Waals surface area contributed by atoms with Gasteiger partial charge in [0.1, 0.15) is 5.69 Å². The smallest absolute Gasteiger partial charge is 0.269 e. The summed E-state index contributed by atoms with van der Waals surface area (Å²) in [6, 6.07) is 8.08. The standard InChI is InChI=1S/C15H19N3OS/c1-10(2)14(13-5-4-8-20-13)18-11-6-7-17-12(9-11)15(19)16-3/h4-10,14H,1-3H3,(H,16,19)(H,17,18). The minimum absolute atomic E-state index is 0.175. The largest absolute Gasteiger partial charge is 0.377 e. The Morgan fingerprint density at radius 3 is 2.75 bits per heavy atom. The first-order valence-electron chi connectivity index (χ1n) is 6.60. The van der Waals surface area contributed by atoms with Gasteiger partial charge in [-0.1, -0.05) is 19.9 Å². The van der Waals surface area contributed by atoms with Crippen molar-refractivity contribution in [1.82, 2.24) is 10.3 Å². The van der Waals surface area contributed by atoms with Gasteiger partial charge in [-0.15, -0.1) is 11.3 Å². The van der Waals surface area contributed by atoms with Gasteiger partial charge >= 0.3 is 0 Å². The van der Waals surface area contributed by atoms with Crippen molar-refractivity contribution in [1.29, 1.82) is 0 Å². The predicted molar refractivity (Wildman–Crippen MR) is 83.1 cm³/mol. The zero-order valence-corrected chi connectivity index (χ0v) is 12.7. The molecular formula is C15H19N3OS. The van der Waals surface area contributed by atoms with E-state index >= 15 is 0 Å². The van der Waals surface area contributed by atoms with E-state index in [1.807, 2.05) is 6.07 Å². The van der Waals surface area contributed by atoms with E-state index in [2.05, 4.69) is 47.0 Å². The summed E-state index contributed by atoms with van der Waals surface area (Å²) in [6.07, 6.45) is 1.65. The molecule has 0 aliphatic carbocycles. The Kier molecular flexibility index (Phi) is 4.74. The Morgan fingerprint density at radius 2 is 2.15 bits per heavy atom. The number of carbonyl (C=O) groups excluding carboxylic acids is 1. The molecule has 1 unspecified atom stereocenters. The summed E-state index contributed by atoms with van der Waals surface area (Å²) in [7, 11) is 1.60. The summed E-state index contributed by atoms with van der Waals surface area (Å²) in [5, 5.41) is 8.15. The van der Waals surface area contributed by atoms with Crippen LogP contribution >= 0.6 is 11.3 Å². The molecule has 0 aliphatic heterocycles. The third-order valence-corrected chi connectivity index (χ3v) is 4.01. The fourth-order valence-electron chi connectivity index (χ4n) is 1.99. The zero-order chi connectivity index (χ0) is 14.5. The molecule has 2 N–H and O–H groups in total. The lowest BCUT2D eigenvalue weighted by molar-refractivity contribution is 0.0958. The van der Waals surface area contributed by atoms with Crippen molar-refractivity contribution in [2.75, 3.05) is 12.4 Å². The predicted octanol–water partition coefficient (Wildman–Crippen LogP) is 3.31. The SMILES string of the molecule is CNC(=O)c1cc(NC(c2cccs2)C(C)C)ccn1. The summed E-state index contributed by atoms with van der Waals surface area (Å²) < 4.78 is 0. The Balaban J connectivity index is 2.21. The molecule has 0 radical (unpaired) electrons. The Bertz CT molecular complexity index is 566. The van der Waals surface area contributed by atoms with Crippen LogP contribution in [0.2, 0.25) is 0 Å². The van der Waals surface area contributed by atoms with Crippen molar-refractivity contribution in [2.24, 2.45) is 5.92 Å². The van der Waals surface area contributed by atoms with Gasteiger partial charge in [-0.3, -0.25) is 9.78 Å². The minimum Gasteiger partial charge on any atom is -0.377 e. The van der Waals surface area contributed by atoms with E-state index in [-0.39, 0.29) is 11.9 Å². The normalized spacial score (nSPS) is 12.2. The number of carbonyl (C=O) groups is 1. The zero-order valence-electron chi connectivity index (χ0n) is 11.9. The molecule has 0 aliphatic rings. The Morgan fingerprint density at radius 1 is 1.35 bits per heavy atom. The number of nitrogens with one attached hydrogen (secondary N) is 2. The molecule has 4 nitrogen and oxygen atoms in total. The lowest BCUT2D eigenvalue weighted by atomic mass is 10.0. The average molecular weight is 289 g/mol. The molecule has 1 amide bonds. The van der Waals surface area contributed by atoms with E-state index in [1.54, 1.807) is 30.6 Å². The molecular weight excluding hydrogens is 270 g/mol. The van der Waals surface area contributed by atoms with Crippen LogP contribution in [0.15, 0.2) is 35.8 Å². The van der Waals surface area contributed by atoms with Gasteiger partial charge in [-0.25, -0.2) is 0 Å². The topological polar surface area (TPSA) is 54.0 Å². The average Bonchev–Trinajstić information content (AvgIpc) is 2.97. The van der Waals surface area contributed by atoms with Crippen LogP contribution < -0.4 is 10.6 Å². The van der Waals surface area contributed by atoms with E-state index in [0.717, 1.165) is 5.69 Å². The van der Waals surface area contributed by atoms with E-state index in [0.29, 0.717) is 11.6 Å². The fourth-order valence-corrected chi connectivity index (χ4v) is 2.94. The monoisotopic (exact) mass is 289 g/mol. The molecule has 2 heterocycles. The summed E-state index contributed by atoms with van der Waals surface area (Å²) >= 11 is 1.74. The first kappa shape index (κ1) is 14.5. The lowest BCUT2D eigenvalue weighted by Gasteiger charge is -2.22. The van der Waals surface area contributed by atoms with Gasteiger partial charge in [0.15, 0.2) is 0 Å². The first-order chi connectivity index (χ1) is 9.61. The van der Waals surface area contributed by atoms with Gasteiger partial charge in [-0.05, 0) is 29.5 Å². The van der Waals surface area contributed by atoms with E-state index in [4.69, 9.17) is 0 Å². The molecule has 0 spiro atoms. The van der Waals surface area contributed by atoms with Crippen molar-refractivity contribution >= 4 is 22.9 Å². The third kappa shape index (κ3) is 3.36. The van der Waals surface area contributed by atoms with Crippen LogP contribution in [0.4, 0.5) is 5.69 Å². The van der Waals surface area contributed by atoms with Gasteiger partial charge in [0, 0.05) is 23.8 Å². The number of hydrogen-bond donors (Lipinski definition) is 2. The highest BCUT2D eigenvalue weighted by atomic mass is 32.1. The molecule has 2 rings (SSSR count). The van der Waals surface area contributed by atoms with Crippen LogP contribution in [-0.4, -0.2) is 17.9 Å².